The zero-order valence-electron chi connectivity index (χ0n) is 15.0. The minimum Gasteiger partial charge on any atom is -0.382 e. The molecule has 0 fully saturated rings. The standard InChI is InChI=1S/C20H15N5S4/c21-18-17(28-20(25-18)23-12-5-7-13(29-22)8-6-12)19-24-14(10-26-19)16-9-11-3-1-2-4-15(11)27-16/h1-10H,21-22H2,(H,23,25). The number of nitrogens with one attached hydrogen (secondary N) is 1. The Kier molecular flexibility index (Phi) is 4.98. The molecule has 144 valence electrons. The molecule has 5 rings (SSSR count). The lowest BCUT2D eigenvalue weighted by atomic mass is 10.2. The van der Waals surface area contributed by atoms with Gasteiger partial charge in [-0.2, -0.15) is 0 Å². The summed E-state index contributed by atoms with van der Waals surface area (Å²) >= 11 is 6.07. The van der Waals surface area contributed by atoms with Gasteiger partial charge in [0.1, 0.15) is 15.7 Å². The van der Waals surface area contributed by atoms with Crippen LogP contribution in [-0.2, 0) is 0 Å². The number of rotatable bonds is 5. The molecule has 3 aromatic heterocycles. The number of nitrogen functional groups attached to an aromatic ring is 1. The zero-order valence-corrected chi connectivity index (χ0v) is 18.2. The van der Waals surface area contributed by atoms with E-state index in [1.165, 1.54) is 33.4 Å². The highest BCUT2D eigenvalue weighted by atomic mass is 32.2. The van der Waals surface area contributed by atoms with Crippen LogP contribution in [0.3, 0.4) is 0 Å². The first kappa shape index (κ1) is 18.6. The smallest absolute Gasteiger partial charge is 0.189 e. The van der Waals surface area contributed by atoms with E-state index in [4.69, 9.17) is 15.9 Å². The number of hydrogen-bond acceptors (Lipinski definition) is 9. The van der Waals surface area contributed by atoms with Crippen molar-refractivity contribution in [2.24, 2.45) is 5.14 Å². The topological polar surface area (TPSA) is 89.8 Å². The maximum absolute atomic E-state index is 6.19. The Labute approximate surface area is 183 Å². The van der Waals surface area contributed by atoms with Gasteiger partial charge >= 0.3 is 0 Å². The highest BCUT2D eigenvalue weighted by molar-refractivity contribution is 7.97. The molecular weight excluding hydrogens is 439 g/mol. The van der Waals surface area contributed by atoms with E-state index in [9.17, 15) is 0 Å². The van der Waals surface area contributed by atoms with E-state index >= 15 is 0 Å². The number of anilines is 3. The summed E-state index contributed by atoms with van der Waals surface area (Å²) in [5, 5.41) is 13.8. The molecule has 5 nitrogen and oxygen atoms in total. The highest BCUT2D eigenvalue weighted by Crippen LogP contribution is 2.41. The van der Waals surface area contributed by atoms with Gasteiger partial charge in [-0.3, -0.25) is 5.14 Å². The van der Waals surface area contributed by atoms with Crippen LogP contribution in [0.15, 0.2) is 64.9 Å². The molecule has 9 heteroatoms. The molecule has 2 aromatic carbocycles. The van der Waals surface area contributed by atoms with Crippen LogP contribution in [0, 0.1) is 0 Å². The summed E-state index contributed by atoms with van der Waals surface area (Å²) in [7, 11) is 0. The minimum atomic E-state index is 0.490. The van der Waals surface area contributed by atoms with Crippen LogP contribution in [-0.4, -0.2) is 9.97 Å². The SMILES string of the molecule is NSc1ccc(Nc2nc(N)c(-c3nc(-c4cc5ccccc5s4)cs3)s2)cc1. The summed E-state index contributed by atoms with van der Waals surface area (Å²) in [4.78, 5) is 12.3. The third kappa shape index (κ3) is 3.75. The van der Waals surface area contributed by atoms with Crippen LogP contribution in [0.4, 0.5) is 16.6 Å². The molecule has 0 aliphatic carbocycles. The molecule has 0 unspecified atom stereocenters. The lowest BCUT2D eigenvalue weighted by Crippen LogP contribution is -1.91. The summed E-state index contributed by atoms with van der Waals surface area (Å²) in [6.07, 6.45) is 0. The Hall–Kier alpha value is -2.43. The van der Waals surface area contributed by atoms with Crippen LogP contribution in [0.25, 0.3) is 30.5 Å². The van der Waals surface area contributed by atoms with Gasteiger partial charge in [0, 0.05) is 20.7 Å². The Morgan fingerprint density at radius 2 is 1.79 bits per heavy atom. The number of nitrogens with two attached hydrogens (primary N) is 2. The van der Waals surface area contributed by atoms with E-state index in [1.807, 2.05) is 24.3 Å². The van der Waals surface area contributed by atoms with Gasteiger partial charge in [-0.15, -0.1) is 22.7 Å². The van der Waals surface area contributed by atoms with Gasteiger partial charge in [0.15, 0.2) is 5.13 Å². The van der Waals surface area contributed by atoms with Crippen molar-refractivity contribution in [1.82, 2.24) is 9.97 Å². The van der Waals surface area contributed by atoms with Crippen LogP contribution < -0.4 is 16.2 Å². The number of aromatic nitrogens is 2. The minimum absolute atomic E-state index is 0.490. The van der Waals surface area contributed by atoms with Gasteiger partial charge in [-0.25, -0.2) is 9.97 Å². The Morgan fingerprint density at radius 1 is 0.966 bits per heavy atom. The predicted octanol–water partition coefficient (Wildman–Crippen LogP) is 6.44. The largest absolute Gasteiger partial charge is 0.382 e. The summed E-state index contributed by atoms with van der Waals surface area (Å²) in [6, 6.07) is 18.4. The first-order valence-corrected chi connectivity index (χ1v) is 12.0. The third-order valence-electron chi connectivity index (χ3n) is 4.27. The van der Waals surface area contributed by atoms with Crippen molar-refractivity contribution in [1.29, 1.82) is 0 Å². The van der Waals surface area contributed by atoms with Gasteiger partial charge in [0.25, 0.3) is 0 Å². The normalized spacial score (nSPS) is 11.2. The molecular formula is C20H15N5S4. The first-order chi connectivity index (χ1) is 14.2. The van der Waals surface area contributed by atoms with Gasteiger partial charge < -0.3 is 11.1 Å². The first-order valence-electron chi connectivity index (χ1n) is 8.64. The second-order valence-electron chi connectivity index (χ2n) is 6.19. The molecule has 5 N–H and O–H groups in total. The molecule has 0 spiro atoms. The number of thiophene rings is 1. The fourth-order valence-electron chi connectivity index (χ4n) is 2.88. The van der Waals surface area contributed by atoms with Gasteiger partial charge in [0.2, 0.25) is 0 Å². The third-order valence-corrected chi connectivity index (χ3v) is 7.94. The summed E-state index contributed by atoms with van der Waals surface area (Å²) in [5.74, 6) is 0.490. The van der Waals surface area contributed by atoms with Crippen molar-refractivity contribution >= 4 is 72.7 Å². The van der Waals surface area contributed by atoms with Crippen LogP contribution >= 0.6 is 46.0 Å². The number of fused-ring (bicyclic) bond motifs is 1. The number of thiazole rings is 2. The van der Waals surface area contributed by atoms with Crippen molar-refractivity contribution in [2.75, 3.05) is 11.1 Å². The number of nitrogens with zero attached hydrogens (tertiary/aromatic N) is 2. The van der Waals surface area contributed by atoms with Gasteiger partial charge in [-0.05, 0) is 53.7 Å². The average molecular weight is 454 g/mol. The summed E-state index contributed by atoms with van der Waals surface area (Å²) in [5.41, 5.74) is 8.10. The van der Waals surface area contributed by atoms with Crippen molar-refractivity contribution < 1.29 is 0 Å². The molecule has 3 heterocycles. The van der Waals surface area contributed by atoms with E-state index in [0.717, 1.165) is 36.2 Å². The molecule has 5 aromatic rings. The molecule has 0 radical (unpaired) electrons. The highest BCUT2D eigenvalue weighted by Gasteiger charge is 2.16. The molecule has 0 saturated heterocycles. The van der Waals surface area contributed by atoms with E-state index < -0.39 is 0 Å². The number of hydrogen-bond donors (Lipinski definition) is 3. The van der Waals surface area contributed by atoms with Gasteiger partial charge in [0.05, 0.1) is 10.6 Å². The van der Waals surface area contributed by atoms with E-state index in [2.05, 4.69) is 46.0 Å². The lowest BCUT2D eigenvalue weighted by Gasteiger charge is -2.02. The van der Waals surface area contributed by atoms with Crippen molar-refractivity contribution in [3.63, 3.8) is 0 Å². The second kappa shape index (κ2) is 7.77. The van der Waals surface area contributed by atoms with Crippen LogP contribution in [0.5, 0.6) is 0 Å². The molecule has 0 aliphatic heterocycles. The van der Waals surface area contributed by atoms with Crippen molar-refractivity contribution in [3.05, 3.63) is 60.0 Å². The maximum atomic E-state index is 6.19. The fraction of sp³-hybridized carbons (Fsp3) is 0. The van der Waals surface area contributed by atoms with Crippen LogP contribution in [0.2, 0.25) is 0 Å². The quantitative estimate of drug-likeness (QED) is 0.265. The Bertz CT molecular complexity index is 1250. The monoisotopic (exact) mass is 453 g/mol. The van der Waals surface area contributed by atoms with Crippen LogP contribution in [0.1, 0.15) is 0 Å². The van der Waals surface area contributed by atoms with E-state index in [1.54, 1.807) is 22.7 Å². The number of benzene rings is 2. The van der Waals surface area contributed by atoms with Crippen molar-refractivity contribution in [3.8, 4) is 20.5 Å². The molecule has 0 amide bonds. The lowest BCUT2D eigenvalue weighted by molar-refractivity contribution is 1.37. The summed E-state index contributed by atoms with van der Waals surface area (Å²) in [6.45, 7) is 0. The zero-order chi connectivity index (χ0) is 19.8. The Morgan fingerprint density at radius 3 is 2.59 bits per heavy atom. The summed E-state index contributed by atoms with van der Waals surface area (Å²) < 4.78 is 1.26. The predicted molar refractivity (Wildman–Crippen MR) is 128 cm³/mol. The van der Waals surface area contributed by atoms with Gasteiger partial charge in [-0.1, -0.05) is 29.5 Å². The molecule has 0 aliphatic rings. The van der Waals surface area contributed by atoms with E-state index in [-0.39, 0.29) is 0 Å². The fourth-order valence-corrected chi connectivity index (χ4v) is 6.09. The average Bonchev–Trinajstić information content (AvgIpc) is 3.46. The molecule has 29 heavy (non-hydrogen) atoms. The van der Waals surface area contributed by atoms with Crippen molar-refractivity contribution in [2.45, 2.75) is 4.90 Å². The molecule has 0 atom stereocenters. The molecule has 0 saturated carbocycles. The second-order valence-corrected chi connectivity index (χ2v) is 9.84. The Balaban J connectivity index is 1.41. The maximum Gasteiger partial charge on any atom is 0.189 e. The molecule has 0 bridgehead atoms. The van der Waals surface area contributed by atoms with E-state index in [0.29, 0.717) is 5.82 Å².